The van der Waals surface area contributed by atoms with Crippen molar-refractivity contribution in [2.24, 2.45) is 0 Å². The van der Waals surface area contributed by atoms with Gasteiger partial charge in [0, 0.05) is 36.2 Å². The van der Waals surface area contributed by atoms with Gasteiger partial charge < -0.3 is 19.5 Å². The number of carbonyl (C=O) groups is 2. The Balaban J connectivity index is 1.65. The summed E-state index contributed by atoms with van der Waals surface area (Å²) in [5, 5.41) is 11.2. The molecule has 2 aromatic rings. The van der Waals surface area contributed by atoms with E-state index in [4.69, 9.17) is 9.47 Å². The smallest absolute Gasteiger partial charge is 0.295 e. The molecule has 1 atom stereocenters. The maximum absolute atomic E-state index is 13.2. The molecule has 7 nitrogen and oxygen atoms in total. The second-order valence-corrected chi connectivity index (χ2v) is 9.96. The molecule has 2 fully saturated rings. The van der Waals surface area contributed by atoms with Gasteiger partial charge in [-0.2, -0.15) is 0 Å². The molecule has 2 aliphatic rings. The number of benzene rings is 2. The highest BCUT2D eigenvalue weighted by atomic mass is 79.9. The topological polar surface area (TPSA) is 79.3 Å². The maximum atomic E-state index is 13.2. The van der Waals surface area contributed by atoms with Gasteiger partial charge in [-0.1, -0.05) is 28.1 Å². The summed E-state index contributed by atoms with van der Waals surface area (Å²) in [6.07, 6.45) is 0.743. The Kier molecular flexibility index (Phi) is 8.26. The molecule has 2 aromatic carbocycles. The monoisotopic (exact) mass is 542 g/mol. The molecule has 4 rings (SSSR count). The van der Waals surface area contributed by atoms with Crippen molar-refractivity contribution in [1.29, 1.82) is 0 Å². The Morgan fingerprint density at radius 3 is 2.49 bits per heavy atom. The lowest BCUT2D eigenvalue weighted by Crippen LogP contribution is -2.38. The number of ether oxygens (including phenoxy) is 2. The van der Waals surface area contributed by atoms with Gasteiger partial charge in [0.05, 0.1) is 30.9 Å². The number of rotatable bonds is 8. The minimum atomic E-state index is -0.665. The van der Waals surface area contributed by atoms with E-state index in [0.29, 0.717) is 31.1 Å². The van der Waals surface area contributed by atoms with Gasteiger partial charge >= 0.3 is 0 Å². The molecule has 0 saturated carbocycles. The number of hydrogen-bond acceptors (Lipinski definition) is 6. The lowest BCUT2D eigenvalue weighted by atomic mass is 9.95. The molecule has 186 valence electrons. The quantitative estimate of drug-likeness (QED) is 0.303. The molecule has 0 spiro atoms. The molecule has 0 radical (unpaired) electrons. The molecule has 0 aliphatic carbocycles. The van der Waals surface area contributed by atoms with Crippen LogP contribution < -0.4 is 4.74 Å². The minimum absolute atomic E-state index is 0.0220. The third kappa shape index (κ3) is 5.94. The second kappa shape index (κ2) is 11.4. The van der Waals surface area contributed by atoms with Crippen LogP contribution in [0, 0.1) is 0 Å². The molecule has 2 aliphatic heterocycles. The fourth-order valence-electron chi connectivity index (χ4n) is 4.54. The van der Waals surface area contributed by atoms with Crippen LogP contribution in [0.25, 0.3) is 5.76 Å². The summed E-state index contributed by atoms with van der Waals surface area (Å²) >= 11 is 3.49. The van der Waals surface area contributed by atoms with E-state index in [-0.39, 0.29) is 17.4 Å². The zero-order chi connectivity index (χ0) is 24.9. The number of halogens is 1. The number of ketones is 1. The third-order valence-electron chi connectivity index (χ3n) is 6.18. The minimum Gasteiger partial charge on any atom is -0.507 e. The summed E-state index contributed by atoms with van der Waals surface area (Å²) in [5.41, 5.74) is 1.34. The Bertz CT molecular complexity index is 1090. The fraction of sp³-hybridized carbons (Fsp3) is 0.407. The van der Waals surface area contributed by atoms with Crippen LogP contribution in [0.1, 0.15) is 37.4 Å². The van der Waals surface area contributed by atoms with Crippen molar-refractivity contribution < 1.29 is 24.2 Å². The molecule has 0 bridgehead atoms. The van der Waals surface area contributed by atoms with E-state index in [2.05, 4.69) is 20.8 Å². The summed E-state index contributed by atoms with van der Waals surface area (Å²) in [5.74, 6) is -0.761. The number of morpholine rings is 1. The lowest BCUT2D eigenvalue weighted by molar-refractivity contribution is -0.140. The van der Waals surface area contributed by atoms with E-state index in [0.717, 1.165) is 36.1 Å². The summed E-state index contributed by atoms with van der Waals surface area (Å²) in [6.45, 7) is 8.26. The highest BCUT2D eigenvalue weighted by Crippen LogP contribution is 2.40. The number of aliphatic hydroxyl groups is 1. The van der Waals surface area contributed by atoms with Crippen molar-refractivity contribution in [1.82, 2.24) is 9.80 Å². The van der Waals surface area contributed by atoms with Crippen molar-refractivity contribution in [2.45, 2.75) is 32.4 Å². The molecule has 35 heavy (non-hydrogen) atoms. The Morgan fingerprint density at radius 1 is 1.11 bits per heavy atom. The van der Waals surface area contributed by atoms with Crippen molar-refractivity contribution >= 4 is 33.4 Å². The van der Waals surface area contributed by atoms with E-state index in [1.54, 1.807) is 29.2 Å². The Hall–Kier alpha value is -2.68. The van der Waals surface area contributed by atoms with Gasteiger partial charge in [0.2, 0.25) is 0 Å². The van der Waals surface area contributed by atoms with Crippen LogP contribution in [0.3, 0.4) is 0 Å². The molecule has 1 unspecified atom stereocenters. The van der Waals surface area contributed by atoms with Crippen LogP contribution in [-0.4, -0.2) is 72.1 Å². The molecular weight excluding hydrogens is 512 g/mol. The molecule has 1 amide bonds. The van der Waals surface area contributed by atoms with Gasteiger partial charge in [-0.05, 0) is 62.2 Å². The summed E-state index contributed by atoms with van der Waals surface area (Å²) in [4.78, 5) is 30.2. The first-order valence-electron chi connectivity index (χ1n) is 12.0. The predicted molar refractivity (Wildman–Crippen MR) is 137 cm³/mol. The van der Waals surface area contributed by atoms with Crippen LogP contribution in [0.2, 0.25) is 0 Å². The van der Waals surface area contributed by atoms with Crippen molar-refractivity contribution in [2.75, 3.05) is 39.4 Å². The molecular formula is C27H31BrN2O5. The summed E-state index contributed by atoms with van der Waals surface area (Å²) in [7, 11) is 0. The van der Waals surface area contributed by atoms with E-state index in [1.807, 2.05) is 38.1 Å². The molecule has 1 N–H and O–H groups in total. The first kappa shape index (κ1) is 25.4. The molecule has 2 saturated heterocycles. The number of amides is 1. The van der Waals surface area contributed by atoms with Gasteiger partial charge in [0.15, 0.2) is 0 Å². The second-order valence-electron chi connectivity index (χ2n) is 9.05. The van der Waals surface area contributed by atoms with E-state index in [9.17, 15) is 14.7 Å². The van der Waals surface area contributed by atoms with Crippen LogP contribution in [0.5, 0.6) is 5.75 Å². The summed E-state index contributed by atoms with van der Waals surface area (Å²) < 4.78 is 11.9. The number of nitrogens with zero attached hydrogens (tertiary/aromatic N) is 2. The van der Waals surface area contributed by atoms with Gasteiger partial charge in [0.1, 0.15) is 11.5 Å². The van der Waals surface area contributed by atoms with Crippen molar-refractivity contribution in [3.8, 4) is 5.75 Å². The van der Waals surface area contributed by atoms with Crippen molar-refractivity contribution in [3.05, 3.63) is 69.7 Å². The van der Waals surface area contributed by atoms with Gasteiger partial charge in [-0.3, -0.25) is 14.5 Å². The van der Waals surface area contributed by atoms with Gasteiger partial charge in [0.25, 0.3) is 11.7 Å². The summed E-state index contributed by atoms with van der Waals surface area (Å²) in [6, 6.07) is 13.8. The van der Waals surface area contributed by atoms with Crippen LogP contribution in [-0.2, 0) is 14.3 Å². The first-order valence-corrected chi connectivity index (χ1v) is 12.8. The van der Waals surface area contributed by atoms with Crippen molar-refractivity contribution in [3.63, 3.8) is 0 Å². The maximum Gasteiger partial charge on any atom is 0.295 e. The molecule has 2 heterocycles. The van der Waals surface area contributed by atoms with Gasteiger partial charge in [-0.15, -0.1) is 0 Å². The number of carbonyl (C=O) groups excluding carboxylic acids is 2. The van der Waals surface area contributed by atoms with E-state index < -0.39 is 17.7 Å². The van der Waals surface area contributed by atoms with Crippen LogP contribution in [0.4, 0.5) is 0 Å². The number of hydrogen-bond donors (Lipinski definition) is 1. The predicted octanol–water partition coefficient (Wildman–Crippen LogP) is 4.38. The highest BCUT2D eigenvalue weighted by Gasteiger charge is 2.45. The highest BCUT2D eigenvalue weighted by molar-refractivity contribution is 9.10. The molecule has 8 heteroatoms. The average molecular weight is 543 g/mol. The average Bonchev–Trinajstić information content (AvgIpc) is 3.09. The largest absolute Gasteiger partial charge is 0.507 e. The van der Waals surface area contributed by atoms with E-state index >= 15 is 0 Å². The number of Topliss-reactive ketones (excluding diaryl/α,β-unsaturated/α-hetero) is 1. The zero-order valence-electron chi connectivity index (χ0n) is 20.1. The first-order chi connectivity index (χ1) is 16.8. The van der Waals surface area contributed by atoms with Gasteiger partial charge in [-0.25, -0.2) is 0 Å². The number of aliphatic hydroxyl groups excluding tert-OH is 1. The van der Waals surface area contributed by atoms with Crippen LogP contribution in [0.15, 0.2) is 58.6 Å². The number of likely N-dealkylation sites (tertiary alicyclic amines) is 1. The fourth-order valence-corrected chi connectivity index (χ4v) is 4.96. The van der Waals surface area contributed by atoms with Crippen LogP contribution >= 0.6 is 15.9 Å². The Labute approximate surface area is 214 Å². The Morgan fingerprint density at radius 2 is 1.83 bits per heavy atom. The zero-order valence-corrected chi connectivity index (χ0v) is 21.7. The SMILES string of the molecule is CC(C)Oc1ccc(/C(O)=C2/C(=O)C(=O)N(CCCN3CCOCC3)C2c2cccc(Br)c2)cc1. The third-order valence-corrected chi connectivity index (χ3v) is 6.67. The lowest BCUT2D eigenvalue weighted by Gasteiger charge is -2.29. The normalized spacial score (nSPS) is 20.6. The molecule has 0 aromatic heterocycles. The van der Waals surface area contributed by atoms with E-state index in [1.165, 1.54) is 0 Å². The standard InChI is InChI=1S/C27H31BrN2O5/c1-18(2)35-22-9-7-19(8-10-22)25(31)23-24(20-5-3-6-21(28)17-20)30(27(33)26(23)32)12-4-11-29-13-15-34-16-14-29/h3,5-10,17-18,24,31H,4,11-16H2,1-2H3/b25-23-.